The van der Waals surface area contributed by atoms with Gasteiger partial charge in [-0.15, -0.1) is 0 Å². The molecular weight excluding hydrogens is 144 g/mol. The van der Waals surface area contributed by atoms with E-state index in [0.29, 0.717) is 12.0 Å². The lowest BCUT2D eigenvalue weighted by Gasteiger charge is -1.92. The van der Waals surface area contributed by atoms with Crippen molar-refractivity contribution in [2.45, 2.75) is 19.8 Å². The van der Waals surface area contributed by atoms with Crippen LogP contribution in [-0.2, 0) is 0 Å². The molecule has 0 amide bonds. The molecule has 1 rings (SSSR count). The number of rotatable bonds is 3. The first-order valence-corrected chi connectivity index (χ1v) is 3.48. The smallest absolute Gasteiger partial charge is 0.177 e. The molecule has 4 nitrogen and oxygen atoms in total. The maximum absolute atomic E-state index is 11.1. The standard InChI is InChI=1S/C7H10N2O2/c1-2-3-6(10)5-4-11-9-7(5)8/h4H,2-3H2,1H3,(H2,8,9). The van der Waals surface area contributed by atoms with Crippen molar-refractivity contribution in [1.29, 1.82) is 0 Å². The molecule has 0 saturated carbocycles. The van der Waals surface area contributed by atoms with Gasteiger partial charge in [0.1, 0.15) is 11.8 Å². The van der Waals surface area contributed by atoms with Crippen LogP contribution >= 0.6 is 0 Å². The van der Waals surface area contributed by atoms with Gasteiger partial charge in [-0.3, -0.25) is 4.79 Å². The van der Waals surface area contributed by atoms with Crippen molar-refractivity contribution in [3.05, 3.63) is 11.8 Å². The number of nitrogens with two attached hydrogens (primary N) is 1. The summed E-state index contributed by atoms with van der Waals surface area (Å²) < 4.78 is 4.52. The van der Waals surface area contributed by atoms with Gasteiger partial charge in [-0.1, -0.05) is 12.1 Å². The molecule has 0 spiro atoms. The maximum Gasteiger partial charge on any atom is 0.177 e. The summed E-state index contributed by atoms with van der Waals surface area (Å²) in [5.74, 6) is 0.176. The van der Waals surface area contributed by atoms with Crippen LogP contribution in [0.4, 0.5) is 5.82 Å². The minimum absolute atomic E-state index is 0.00810. The van der Waals surface area contributed by atoms with Crippen molar-refractivity contribution >= 4 is 11.6 Å². The molecule has 2 N–H and O–H groups in total. The SMILES string of the molecule is CCCC(=O)c1conc1N. The number of Topliss-reactive ketones (excluding diaryl/α,β-unsaturated/α-hetero) is 1. The fourth-order valence-corrected chi connectivity index (χ4v) is 0.816. The molecule has 0 saturated heterocycles. The largest absolute Gasteiger partial charge is 0.380 e. The summed E-state index contributed by atoms with van der Waals surface area (Å²) in [4.78, 5) is 11.1. The van der Waals surface area contributed by atoms with Crippen LogP contribution in [0.5, 0.6) is 0 Å². The molecule has 1 aromatic heterocycles. The molecule has 0 bridgehead atoms. The Bertz CT molecular complexity index is 255. The first-order chi connectivity index (χ1) is 5.25. The summed E-state index contributed by atoms with van der Waals surface area (Å²) in [6.45, 7) is 1.93. The Morgan fingerprint density at radius 1 is 1.82 bits per heavy atom. The van der Waals surface area contributed by atoms with Gasteiger partial charge < -0.3 is 10.3 Å². The Hall–Kier alpha value is -1.32. The number of ketones is 1. The summed E-state index contributed by atoms with van der Waals surface area (Å²) >= 11 is 0. The molecule has 0 unspecified atom stereocenters. The van der Waals surface area contributed by atoms with Crippen molar-refractivity contribution in [2.75, 3.05) is 5.73 Å². The summed E-state index contributed by atoms with van der Waals surface area (Å²) in [6, 6.07) is 0. The monoisotopic (exact) mass is 154 g/mol. The van der Waals surface area contributed by atoms with Crippen LogP contribution in [0.25, 0.3) is 0 Å². The second-order valence-electron chi connectivity index (χ2n) is 2.29. The first-order valence-electron chi connectivity index (χ1n) is 3.48. The van der Waals surface area contributed by atoms with Gasteiger partial charge in [0, 0.05) is 6.42 Å². The number of hydrogen-bond donors (Lipinski definition) is 1. The first kappa shape index (κ1) is 7.78. The van der Waals surface area contributed by atoms with Gasteiger partial charge in [-0.2, -0.15) is 0 Å². The lowest BCUT2D eigenvalue weighted by Crippen LogP contribution is -2.00. The van der Waals surface area contributed by atoms with Gasteiger partial charge in [-0.05, 0) is 6.42 Å². The minimum Gasteiger partial charge on any atom is -0.380 e. The Morgan fingerprint density at radius 2 is 2.55 bits per heavy atom. The van der Waals surface area contributed by atoms with E-state index < -0.39 is 0 Å². The zero-order valence-electron chi connectivity index (χ0n) is 6.33. The van der Waals surface area contributed by atoms with E-state index >= 15 is 0 Å². The Morgan fingerprint density at radius 3 is 3.00 bits per heavy atom. The summed E-state index contributed by atoms with van der Waals surface area (Å²) in [6.07, 6.45) is 2.59. The predicted molar refractivity (Wildman–Crippen MR) is 40.2 cm³/mol. The van der Waals surface area contributed by atoms with Crippen LogP contribution in [0.3, 0.4) is 0 Å². The highest BCUT2D eigenvalue weighted by molar-refractivity contribution is 5.99. The average Bonchev–Trinajstić information content (AvgIpc) is 2.36. The van der Waals surface area contributed by atoms with E-state index in [9.17, 15) is 4.79 Å². The number of nitrogens with zero attached hydrogens (tertiary/aromatic N) is 1. The normalized spacial score (nSPS) is 9.91. The number of carbonyl (C=O) groups excluding carboxylic acids is 1. The van der Waals surface area contributed by atoms with Crippen LogP contribution in [0.1, 0.15) is 30.1 Å². The second-order valence-corrected chi connectivity index (χ2v) is 2.29. The highest BCUT2D eigenvalue weighted by atomic mass is 16.5. The molecule has 0 atom stereocenters. The lowest BCUT2D eigenvalue weighted by atomic mass is 10.1. The van der Waals surface area contributed by atoms with Gasteiger partial charge in [-0.25, -0.2) is 0 Å². The van der Waals surface area contributed by atoms with E-state index in [4.69, 9.17) is 5.73 Å². The van der Waals surface area contributed by atoms with E-state index in [1.165, 1.54) is 6.26 Å². The molecule has 0 aliphatic rings. The molecule has 0 aliphatic heterocycles. The van der Waals surface area contributed by atoms with Crippen molar-refractivity contribution in [2.24, 2.45) is 0 Å². The summed E-state index contributed by atoms with van der Waals surface area (Å²) in [7, 11) is 0. The van der Waals surface area contributed by atoms with Gasteiger partial charge in [0.05, 0.1) is 0 Å². The highest BCUT2D eigenvalue weighted by Crippen LogP contribution is 2.11. The van der Waals surface area contributed by atoms with E-state index in [0.717, 1.165) is 6.42 Å². The van der Waals surface area contributed by atoms with Gasteiger partial charge in [0.2, 0.25) is 0 Å². The topological polar surface area (TPSA) is 69.1 Å². The fourth-order valence-electron chi connectivity index (χ4n) is 0.816. The molecule has 0 aromatic carbocycles. The average molecular weight is 154 g/mol. The molecule has 11 heavy (non-hydrogen) atoms. The van der Waals surface area contributed by atoms with Gasteiger partial charge >= 0.3 is 0 Å². The van der Waals surface area contributed by atoms with Crippen molar-refractivity contribution in [3.63, 3.8) is 0 Å². The summed E-state index contributed by atoms with van der Waals surface area (Å²) in [5.41, 5.74) is 5.74. The molecular formula is C7H10N2O2. The fraction of sp³-hybridized carbons (Fsp3) is 0.429. The third kappa shape index (κ3) is 1.58. The second kappa shape index (κ2) is 3.18. The Balaban J connectivity index is 2.76. The van der Waals surface area contributed by atoms with Crippen LogP contribution in [-0.4, -0.2) is 10.9 Å². The quantitative estimate of drug-likeness (QED) is 0.665. The number of hydrogen-bond acceptors (Lipinski definition) is 4. The Kier molecular flexibility index (Phi) is 2.25. The zero-order valence-corrected chi connectivity index (χ0v) is 6.33. The van der Waals surface area contributed by atoms with Crippen LogP contribution in [0, 0.1) is 0 Å². The van der Waals surface area contributed by atoms with Gasteiger partial charge in [0.25, 0.3) is 0 Å². The summed E-state index contributed by atoms with van der Waals surface area (Å²) in [5, 5.41) is 3.40. The minimum atomic E-state index is -0.00810. The lowest BCUT2D eigenvalue weighted by molar-refractivity contribution is 0.0982. The maximum atomic E-state index is 11.1. The van der Waals surface area contributed by atoms with E-state index in [2.05, 4.69) is 9.68 Å². The van der Waals surface area contributed by atoms with E-state index in [1.807, 2.05) is 6.92 Å². The zero-order chi connectivity index (χ0) is 8.27. The highest BCUT2D eigenvalue weighted by Gasteiger charge is 2.11. The molecule has 0 fully saturated rings. The number of anilines is 1. The van der Waals surface area contributed by atoms with Crippen molar-refractivity contribution < 1.29 is 9.32 Å². The predicted octanol–water partition coefficient (Wildman–Crippen LogP) is 1.24. The molecule has 1 aromatic rings. The molecule has 0 radical (unpaired) electrons. The van der Waals surface area contributed by atoms with Crippen molar-refractivity contribution in [3.8, 4) is 0 Å². The molecule has 4 heteroatoms. The molecule has 0 aliphatic carbocycles. The van der Waals surface area contributed by atoms with Crippen LogP contribution in [0.15, 0.2) is 10.8 Å². The third-order valence-electron chi connectivity index (χ3n) is 1.38. The van der Waals surface area contributed by atoms with Crippen LogP contribution < -0.4 is 5.73 Å². The van der Waals surface area contributed by atoms with Crippen molar-refractivity contribution in [1.82, 2.24) is 5.16 Å². The number of aromatic nitrogens is 1. The third-order valence-corrected chi connectivity index (χ3v) is 1.38. The van der Waals surface area contributed by atoms with Gasteiger partial charge in [0.15, 0.2) is 11.6 Å². The Labute approximate surface area is 64.4 Å². The molecule has 1 heterocycles. The van der Waals surface area contributed by atoms with E-state index in [-0.39, 0.29) is 11.6 Å². The number of nitrogen functional groups attached to an aromatic ring is 1. The number of carbonyl (C=O) groups is 1. The molecule has 60 valence electrons. The van der Waals surface area contributed by atoms with E-state index in [1.54, 1.807) is 0 Å². The van der Waals surface area contributed by atoms with Crippen LogP contribution in [0.2, 0.25) is 0 Å².